The van der Waals surface area contributed by atoms with Crippen LogP contribution in [0.5, 0.6) is 0 Å². The molecule has 0 radical (unpaired) electrons. The molecule has 23 nitrogen and oxygen atoms in total. The Bertz CT molecular complexity index is 2470. The molecule has 522 valence electrons. The van der Waals surface area contributed by atoms with E-state index < -0.39 is 167 Å². The molecule has 9 amide bonds. The van der Waals surface area contributed by atoms with E-state index in [4.69, 9.17) is 4.74 Å². The normalized spacial score (nSPS) is 26.8. The average Bonchev–Trinajstić information content (AvgIpc) is 0.839. The minimum absolute atomic E-state index is 0.0799. The third kappa shape index (κ3) is 23.6. The molecule has 0 spiro atoms. The number of hydrogen-bond donors (Lipinski definition) is 3. The van der Waals surface area contributed by atoms with Crippen LogP contribution in [-0.4, -0.2) is 234 Å². The zero-order chi connectivity index (χ0) is 70.5. The number of carbonyl (C=O) groups excluding carboxylic acids is 12. The van der Waals surface area contributed by atoms with Crippen LogP contribution in [0.2, 0.25) is 0 Å². The summed E-state index contributed by atoms with van der Waals surface area (Å²) in [5.74, 6) is -12.1. The number of aliphatic hydroxyl groups is 1. The van der Waals surface area contributed by atoms with Gasteiger partial charge in [0.05, 0.1) is 24.8 Å². The van der Waals surface area contributed by atoms with Crippen LogP contribution in [0.15, 0.2) is 0 Å². The Morgan fingerprint density at radius 1 is 0.527 bits per heavy atom. The summed E-state index contributed by atoms with van der Waals surface area (Å²) in [6.07, 6.45) is -1.27. The highest BCUT2D eigenvalue weighted by molar-refractivity contribution is 6.00. The maximum Gasteiger partial charge on any atom is 0.246 e. The number of ether oxygens (including phenoxy) is 1. The third-order valence-electron chi connectivity index (χ3n) is 18.4. The Kier molecular flexibility index (Phi) is 35.1. The first kappa shape index (κ1) is 83.2. The molecular weight excluding hydrogens is 1170 g/mol. The number of carbonyl (C=O) groups is 12. The molecule has 1 aliphatic rings. The maximum absolute atomic E-state index is 15.3. The van der Waals surface area contributed by atoms with Crippen molar-refractivity contribution < 1.29 is 67.4 Å². The number of rotatable bonds is 19. The maximum atomic E-state index is 15.3. The fourth-order valence-electron chi connectivity index (χ4n) is 12.4. The average molecular weight is 1290 g/mol. The number of methoxy groups -OCH3 is 1. The van der Waals surface area contributed by atoms with E-state index in [0.29, 0.717) is 19.6 Å². The Morgan fingerprint density at radius 2 is 0.967 bits per heavy atom. The standard InChI is InChI=1S/C68H121N9O14/c1-26-48-36-55(80)59(60(82)44(14)28-27-29-56(81)69-30-31-91-25)77(24)68(90)58(43(12)13)76(23)66(88)52(34-40(6)7)74(21)67(89)57(42(10)11)75(22)62(84)46(16)70-61(83)45(15)35-53(78)50(32-38(2)3)73(20)65(87)49(41(8)9)37-54(79)51(33-39(4)5)72(19)63(85)47(17)71(18)64(48)86/h38-52,57-60,82H,26-37H2,1-25H3,(H,69,81)(H,70,83)/t44-,45+,46+,47-,48+,49-,50-,51+,52-,57?,58-,59+,60-/m1/s1. The molecule has 23 heteroatoms. The number of aliphatic hydroxyl groups excluding tert-OH is 1. The summed E-state index contributed by atoms with van der Waals surface area (Å²) in [6.45, 7) is 30.4. The predicted molar refractivity (Wildman–Crippen MR) is 351 cm³/mol. The van der Waals surface area contributed by atoms with Gasteiger partial charge in [0.2, 0.25) is 53.2 Å². The SMILES string of the molecule is CC[C@H]1CC(=O)[C@@H]([C@H](O)[C@H](C)CCCC(=O)NCCOC)N(C)C(=O)[C@@H](C(C)C)N(C)C(=O)[C@@H](CC(C)C)N(C)C(=O)C(C(C)C)N(C)C(=O)[C@H](C)NC(=O)[C@@H](C)CC(=O)[C@@H](CC(C)C)N(C)C(=O)[C@@H](C(C)C)CC(=O)[C@H](CC(C)C)N(C)C(=O)[C@@H](C)N(C)C1=O. The van der Waals surface area contributed by atoms with E-state index in [1.165, 1.54) is 99.7 Å². The Balaban J connectivity index is 4.36. The quantitative estimate of drug-likeness (QED) is 0.135. The van der Waals surface area contributed by atoms with Crippen molar-refractivity contribution in [2.75, 3.05) is 69.6 Å². The van der Waals surface area contributed by atoms with E-state index in [9.17, 15) is 48.3 Å². The Morgan fingerprint density at radius 3 is 1.43 bits per heavy atom. The van der Waals surface area contributed by atoms with Crippen molar-refractivity contribution in [3.63, 3.8) is 0 Å². The van der Waals surface area contributed by atoms with Crippen LogP contribution in [0.3, 0.4) is 0 Å². The number of hydrogen-bond acceptors (Lipinski definition) is 14. The lowest BCUT2D eigenvalue weighted by atomic mass is 9.84. The van der Waals surface area contributed by atoms with Gasteiger partial charge >= 0.3 is 0 Å². The van der Waals surface area contributed by atoms with Gasteiger partial charge in [0, 0.05) is 106 Å². The van der Waals surface area contributed by atoms with Gasteiger partial charge in [0.25, 0.3) is 0 Å². The summed E-state index contributed by atoms with van der Waals surface area (Å²) in [4.78, 5) is 184. The molecule has 1 fully saturated rings. The van der Waals surface area contributed by atoms with Crippen LogP contribution < -0.4 is 10.6 Å². The monoisotopic (exact) mass is 1290 g/mol. The summed E-state index contributed by atoms with van der Waals surface area (Å²) in [6, 6.07) is -9.59. The summed E-state index contributed by atoms with van der Waals surface area (Å²) in [5.41, 5.74) is 0. The van der Waals surface area contributed by atoms with E-state index >= 15 is 14.4 Å². The first-order valence-electron chi connectivity index (χ1n) is 33.2. The molecule has 0 aromatic heterocycles. The second-order valence-electron chi connectivity index (χ2n) is 28.4. The molecule has 0 aliphatic carbocycles. The Hall–Kier alpha value is -5.84. The summed E-state index contributed by atoms with van der Waals surface area (Å²) in [7, 11) is 11.6. The molecule has 1 rings (SSSR count). The van der Waals surface area contributed by atoms with Crippen molar-refractivity contribution in [3.8, 4) is 0 Å². The highest BCUT2D eigenvalue weighted by atomic mass is 16.5. The van der Waals surface area contributed by atoms with E-state index in [1.54, 1.807) is 62.3 Å². The van der Waals surface area contributed by atoms with Crippen molar-refractivity contribution in [2.24, 2.45) is 59.2 Å². The van der Waals surface area contributed by atoms with Gasteiger partial charge in [0.15, 0.2) is 17.3 Å². The first-order valence-corrected chi connectivity index (χ1v) is 33.2. The van der Waals surface area contributed by atoms with Crippen molar-refractivity contribution in [1.82, 2.24) is 44.9 Å². The molecule has 1 aliphatic heterocycles. The number of nitrogens with one attached hydrogen (secondary N) is 2. The lowest BCUT2D eigenvalue weighted by Crippen LogP contribution is -2.62. The van der Waals surface area contributed by atoms with Crippen LogP contribution in [0, 0.1) is 59.2 Å². The molecule has 13 atom stereocenters. The molecule has 0 saturated carbocycles. The van der Waals surface area contributed by atoms with Gasteiger partial charge in [0.1, 0.15) is 36.3 Å². The minimum Gasteiger partial charge on any atom is -0.390 e. The van der Waals surface area contributed by atoms with Gasteiger partial charge in [-0.1, -0.05) is 104 Å². The number of nitrogens with zero attached hydrogens (tertiary/aromatic N) is 7. The zero-order valence-corrected chi connectivity index (χ0v) is 60.3. The van der Waals surface area contributed by atoms with Crippen molar-refractivity contribution in [1.29, 1.82) is 0 Å². The predicted octanol–water partition coefficient (Wildman–Crippen LogP) is 5.51. The number of amides is 9. The van der Waals surface area contributed by atoms with Crippen molar-refractivity contribution >= 4 is 70.5 Å². The fourth-order valence-corrected chi connectivity index (χ4v) is 12.4. The number of Topliss-reactive ketones (excluding diaryl/α,β-unsaturated/α-hetero) is 3. The van der Waals surface area contributed by atoms with Crippen molar-refractivity contribution in [2.45, 2.75) is 236 Å². The highest BCUT2D eigenvalue weighted by Crippen LogP contribution is 2.30. The first-order chi connectivity index (χ1) is 42.0. The molecular formula is C68H121N9O14. The van der Waals surface area contributed by atoms with Crippen LogP contribution in [0.25, 0.3) is 0 Å². The van der Waals surface area contributed by atoms with Gasteiger partial charge in [-0.2, -0.15) is 0 Å². The topological polar surface area (TPSA) is 281 Å². The highest BCUT2D eigenvalue weighted by Gasteiger charge is 2.46. The van der Waals surface area contributed by atoms with E-state index in [-0.39, 0.29) is 75.0 Å². The smallest absolute Gasteiger partial charge is 0.246 e. The molecule has 1 saturated heterocycles. The van der Waals surface area contributed by atoms with E-state index in [2.05, 4.69) is 10.6 Å². The molecule has 3 N–H and O–H groups in total. The second kappa shape index (κ2) is 38.4. The fraction of sp³-hybridized carbons (Fsp3) is 0.824. The molecule has 0 aromatic carbocycles. The number of ketones is 3. The largest absolute Gasteiger partial charge is 0.390 e. The van der Waals surface area contributed by atoms with E-state index in [1.807, 2.05) is 41.5 Å². The van der Waals surface area contributed by atoms with Crippen LogP contribution in [-0.2, 0) is 62.3 Å². The molecule has 0 aromatic rings. The summed E-state index contributed by atoms with van der Waals surface area (Å²) in [5, 5.41) is 17.9. The van der Waals surface area contributed by atoms with Crippen LogP contribution >= 0.6 is 0 Å². The van der Waals surface area contributed by atoms with Crippen molar-refractivity contribution in [3.05, 3.63) is 0 Å². The minimum atomic E-state index is -1.59. The van der Waals surface area contributed by atoms with Gasteiger partial charge in [-0.3, -0.25) is 57.5 Å². The Labute approximate surface area is 545 Å². The molecule has 1 heterocycles. The zero-order valence-electron chi connectivity index (χ0n) is 60.3. The molecule has 91 heavy (non-hydrogen) atoms. The third-order valence-corrected chi connectivity index (χ3v) is 18.4. The lowest BCUT2D eigenvalue weighted by Gasteiger charge is -2.42. The lowest BCUT2D eigenvalue weighted by molar-refractivity contribution is -0.157. The van der Waals surface area contributed by atoms with Gasteiger partial charge in [-0.15, -0.1) is 0 Å². The molecule has 0 bridgehead atoms. The molecule has 1 unspecified atom stereocenters. The van der Waals surface area contributed by atoms with Gasteiger partial charge in [-0.25, -0.2) is 0 Å². The summed E-state index contributed by atoms with van der Waals surface area (Å²) >= 11 is 0. The van der Waals surface area contributed by atoms with Gasteiger partial charge in [-0.05, 0) is 93.8 Å². The second-order valence-corrected chi connectivity index (χ2v) is 28.4. The van der Waals surface area contributed by atoms with Crippen LogP contribution in [0.1, 0.15) is 182 Å². The van der Waals surface area contributed by atoms with E-state index in [0.717, 1.165) is 4.90 Å². The van der Waals surface area contributed by atoms with Gasteiger partial charge < -0.3 is 54.8 Å². The van der Waals surface area contributed by atoms with Crippen LogP contribution in [0.4, 0.5) is 0 Å². The summed E-state index contributed by atoms with van der Waals surface area (Å²) < 4.78 is 5.04. The number of likely N-dealkylation sites (N-methyl/N-ethyl adjacent to an activating group) is 7.